The number of aliphatic carboxylic acids is 1. The fourth-order valence-electron chi connectivity index (χ4n) is 2.76. The van der Waals surface area contributed by atoms with Crippen LogP contribution in [0.2, 0.25) is 0 Å². The first-order valence-corrected chi connectivity index (χ1v) is 8.87. The number of aryl methyl sites for hydroxylation is 1. The van der Waals surface area contributed by atoms with Gasteiger partial charge in [-0.2, -0.15) is 0 Å². The average molecular weight is 369 g/mol. The van der Waals surface area contributed by atoms with Crippen molar-refractivity contribution < 1.29 is 19.7 Å². The monoisotopic (exact) mass is 369 g/mol. The maximum Gasteiger partial charge on any atom is 0.303 e. The number of carbonyl (C=O) groups is 1. The Labute approximate surface area is 157 Å². The van der Waals surface area contributed by atoms with Gasteiger partial charge in [0, 0.05) is 18.7 Å². The Balaban J connectivity index is 1.56. The van der Waals surface area contributed by atoms with Crippen LogP contribution in [0.25, 0.3) is 0 Å². The SMILES string of the molecule is O=C(O)CCc1cccc(OCC(O)c2cccc(NC3=NCCN3)c2)c1. The van der Waals surface area contributed by atoms with Crippen LogP contribution < -0.4 is 15.4 Å². The molecule has 0 aromatic heterocycles. The molecule has 0 radical (unpaired) electrons. The lowest BCUT2D eigenvalue weighted by Crippen LogP contribution is -2.26. The van der Waals surface area contributed by atoms with Crippen LogP contribution in [-0.2, 0) is 11.2 Å². The van der Waals surface area contributed by atoms with Crippen LogP contribution in [0.15, 0.2) is 53.5 Å². The summed E-state index contributed by atoms with van der Waals surface area (Å²) in [4.78, 5) is 15.0. The Bertz CT molecular complexity index is 822. The van der Waals surface area contributed by atoms with Crippen LogP contribution in [0.4, 0.5) is 5.69 Å². The molecule has 0 bridgehead atoms. The number of guanidine groups is 1. The van der Waals surface area contributed by atoms with Gasteiger partial charge in [-0.05, 0) is 41.8 Å². The molecular formula is C20H23N3O4. The van der Waals surface area contributed by atoms with Crippen molar-refractivity contribution in [1.29, 1.82) is 0 Å². The second kappa shape index (κ2) is 9.05. The highest BCUT2D eigenvalue weighted by molar-refractivity contribution is 5.94. The molecule has 2 aromatic rings. The summed E-state index contributed by atoms with van der Waals surface area (Å²) < 4.78 is 5.69. The molecule has 1 atom stereocenters. The molecule has 1 heterocycles. The number of rotatable bonds is 8. The number of nitrogens with one attached hydrogen (secondary N) is 2. The van der Waals surface area contributed by atoms with Gasteiger partial charge < -0.3 is 25.6 Å². The van der Waals surface area contributed by atoms with E-state index in [1.54, 1.807) is 12.1 Å². The Kier molecular flexibility index (Phi) is 6.27. The molecule has 0 spiro atoms. The highest BCUT2D eigenvalue weighted by Gasteiger charge is 2.11. The number of carboxylic acid groups (broad SMARTS) is 1. The normalized spacial score (nSPS) is 14.2. The highest BCUT2D eigenvalue weighted by atomic mass is 16.5. The Morgan fingerprint density at radius 2 is 2.11 bits per heavy atom. The molecular weight excluding hydrogens is 346 g/mol. The van der Waals surface area contributed by atoms with Gasteiger partial charge in [0.25, 0.3) is 0 Å². The number of carboxylic acids is 1. The highest BCUT2D eigenvalue weighted by Crippen LogP contribution is 2.21. The minimum Gasteiger partial charge on any atom is -0.491 e. The molecule has 7 nitrogen and oxygen atoms in total. The second-order valence-corrected chi connectivity index (χ2v) is 6.28. The minimum atomic E-state index is -0.830. The number of aliphatic hydroxyl groups is 1. The number of aliphatic imine (C=N–C) groups is 1. The number of nitrogens with zero attached hydrogens (tertiary/aromatic N) is 1. The van der Waals surface area contributed by atoms with Crippen LogP contribution in [0.3, 0.4) is 0 Å². The molecule has 1 unspecified atom stereocenters. The topological polar surface area (TPSA) is 103 Å². The third-order valence-electron chi connectivity index (χ3n) is 4.14. The van der Waals surface area contributed by atoms with E-state index in [9.17, 15) is 9.90 Å². The van der Waals surface area contributed by atoms with E-state index in [0.29, 0.717) is 12.2 Å². The summed E-state index contributed by atoms with van der Waals surface area (Å²) in [6, 6.07) is 14.7. The maximum atomic E-state index is 10.7. The summed E-state index contributed by atoms with van der Waals surface area (Å²) in [5, 5.41) is 25.5. The van der Waals surface area contributed by atoms with E-state index in [1.165, 1.54) is 0 Å². The second-order valence-electron chi connectivity index (χ2n) is 6.28. The molecule has 2 aromatic carbocycles. The van der Waals surface area contributed by atoms with Crippen LogP contribution in [-0.4, -0.2) is 41.8 Å². The summed E-state index contributed by atoms with van der Waals surface area (Å²) in [6.07, 6.45) is -0.264. The van der Waals surface area contributed by atoms with Crippen LogP contribution in [0, 0.1) is 0 Å². The van der Waals surface area contributed by atoms with Crippen LogP contribution in [0.5, 0.6) is 5.75 Å². The third kappa shape index (κ3) is 5.72. The first-order chi connectivity index (χ1) is 13.1. The van der Waals surface area contributed by atoms with Gasteiger partial charge in [-0.1, -0.05) is 24.3 Å². The van der Waals surface area contributed by atoms with Gasteiger partial charge in [0.05, 0.1) is 6.54 Å². The third-order valence-corrected chi connectivity index (χ3v) is 4.14. The summed E-state index contributed by atoms with van der Waals surface area (Å²) in [6.45, 7) is 1.68. The molecule has 0 amide bonds. The predicted octanol–water partition coefficient (Wildman–Crippen LogP) is 2.19. The molecule has 27 heavy (non-hydrogen) atoms. The van der Waals surface area contributed by atoms with E-state index in [1.807, 2.05) is 36.4 Å². The van der Waals surface area contributed by atoms with Gasteiger partial charge in [-0.25, -0.2) is 0 Å². The Morgan fingerprint density at radius 3 is 2.89 bits per heavy atom. The number of anilines is 1. The summed E-state index contributed by atoms with van der Waals surface area (Å²) >= 11 is 0. The van der Waals surface area contributed by atoms with Gasteiger partial charge in [-0.15, -0.1) is 0 Å². The van der Waals surface area contributed by atoms with E-state index >= 15 is 0 Å². The number of ether oxygens (including phenoxy) is 1. The van der Waals surface area contributed by atoms with Crippen molar-refractivity contribution in [2.75, 3.05) is 25.0 Å². The smallest absolute Gasteiger partial charge is 0.303 e. The van der Waals surface area contributed by atoms with Crippen LogP contribution in [0.1, 0.15) is 23.7 Å². The molecule has 0 saturated heterocycles. The molecule has 3 rings (SSSR count). The van der Waals surface area contributed by atoms with Crippen LogP contribution >= 0.6 is 0 Å². The lowest BCUT2D eigenvalue weighted by atomic mass is 10.1. The van der Waals surface area contributed by atoms with Crippen molar-refractivity contribution in [2.45, 2.75) is 18.9 Å². The molecule has 0 saturated carbocycles. The lowest BCUT2D eigenvalue weighted by Gasteiger charge is -2.15. The van der Waals surface area contributed by atoms with Crippen molar-refractivity contribution in [3.05, 3.63) is 59.7 Å². The summed E-state index contributed by atoms with van der Waals surface area (Å²) in [5.41, 5.74) is 2.47. The number of aliphatic hydroxyl groups excluding tert-OH is 1. The largest absolute Gasteiger partial charge is 0.491 e. The van der Waals surface area contributed by atoms with E-state index in [2.05, 4.69) is 15.6 Å². The molecule has 142 valence electrons. The van der Waals surface area contributed by atoms with E-state index in [0.717, 1.165) is 35.9 Å². The zero-order valence-electron chi connectivity index (χ0n) is 14.9. The molecule has 0 aliphatic carbocycles. The fourth-order valence-corrected chi connectivity index (χ4v) is 2.76. The zero-order chi connectivity index (χ0) is 19.1. The van der Waals surface area contributed by atoms with E-state index in [-0.39, 0.29) is 13.0 Å². The van der Waals surface area contributed by atoms with Gasteiger partial charge in [-0.3, -0.25) is 9.79 Å². The fraction of sp³-hybridized carbons (Fsp3) is 0.300. The lowest BCUT2D eigenvalue weighted by molar-refractivity contribution is -0.136. The van der Waals surface area contributed by atoms with Gasteiger partial charge in [0.1, 0.15) is 18.5 Å². The van der Waals surface area contributed by atoms with Gasteiger partial charge in [0.2, 0.25) is 0 Å². The van der Waals surface area contributed by atoms with Crippen molar-refractivity contribution in [2.24, 2.45) is 4.99 Å². The molecule has 1 aliphatic rings. The first kappa shape index (κ1) is 18.7. The molecule has 1 aliphatic heterocycles. The molecule has 7 heteroatoms. The number of hydrogen-bond acceptors (Lipinski definition) is 6. The van der Waals surface area contributed by atoms with Gasteiger partial charge in [0.15, 0.2) is 5.96 Å². The maximum absolute atomic E-state index is 10.7. The summed E-state index contributed by atoms with van der Waals surface area (Å²) in [5.74, 6) is 0.510. The predicted molar refractivity (Wildman–Crippen MR) is 103 cm³/mol. The summed E-state index contributed by atoms with van der Waals surface area (Å²) in [7, 11) is 0. The quantitative estimate of drug-likeness (QED) is 0.569. The first-order valence-electron chi connectivity index (χ1n) is 8.87. The Morgan fingerprint density at radius 1 is 1.26 bits per heavy atom. The zero-order valence-corrected chi connectivity index (χ0v) is 14.9. The van der Waals surface area contributed by atoms with Crippen molar-refractivity contribution in [1.82, 2.24) is 5.32 Å². The number of hydrogen-bond donors (Lipinski definition) is 4. The van der Waals surface area contributed by atoms with Crippen molar-refractivity contribution in [3.8, 4) is 5.75 Å². The Hall–Kier alpha value is -3.06. The standard InChI is InChI=1S/C20H23N3O4/c24-18(13-27-17-6-1-3-14(11-17)7-8-19(25)26)15-4-2-5-16(12-15)23-20-21-9-10-22-20/h1-6,11-12,18,24H,7-10,13H2,(H,25,26)(H2,21,22,23). The molecule has 4 N–H and O–H groups in total. The van der Waals surface area contributed by atoms with Gasteiger partial charge >= 0.3 is 5.97 Å². The van der Waals surface area contributed by atoms with Crippen molar-refractivity contribution in [3.63, 3.8) is 0 Å². The van der Waals surface area contributed by atoms with E-state index < -0.39 is 12.1 Å². The van der Waals surface area contributed by atoms with E-state index in [4.69, 9.17) is 9.84 Å². The minimum absolute atomic E-state index is 0.0754. The van der Waals surface area contributed by atoms with Crippen molar-refractivity contribution >= 4 is 17.6 Å². The number of benzene rings is 2. The average Bonchev–Trinajstić information content (AvgIpc) is 3.18. The molecule has 0 fully saturated rings.